The largest absolute Gasteiger partial charge is 0.478 e. The number of aliphatic carboxylic acids is 2. The average molecular weight is 404 g/mol. The summed E-state index contributed by atoms with van der Waals surface area (Å²) in [6.07, 6.45) is 5.55. The van der Waals surface area contributed by atoms with Crippen molar-refractivity contribution < 1.29 is 19.8 Å². The summed E-state index contributed by atoms with van der Waals surface area (Å²) >= 11 is 0. The van der Waals surface area contributed by atoms with E-state index in [1.54, 1.807) is 0 Å². The summed E-state index contributed by atoms with van der Waals surface area (Å²) in [7, 11) is 2.18. The monoisotopic (exact) mass is 404 g/mol. The Balaban J connectivity index is 0.000000275. The van der Waals surface area contributed by atoms with Gasteiger partial charge in [-0.2, -0.15) is 0 Å². The van der Waals surface area contributed by atoms with Crippen LogP contribution in [0.3, 0.4) is 0 Å². The van der Waals surface area contributed by atoms with Crippen molar-refractivity contribution in [1.29, 1.82) is 0 Å². The lowest BCUT2D eigenvalue weighted by molar-refractivity contribution is -0.134. The molecular formula is C24H24N2O4. The third-order valence-corrected chi connectivity index (χ3v) is 4.89. The van der Waals surface area contributed by atoms with E-state index in [2.05, 4.69) is 66.6 Å². The summed E-state index contributed by atoms with van der Waals surface area (Å²) in [5.74, 6) is -2.51. The Kier molecular flexibility index (Phi) is 6.93. The highest BCUT2D eigenvalue weighted by molar-refractivity contribution is 6.15. The minimum atomic E-state index is -1.26. The van der Waals surface area contributed by atoms with Crippen molar-refractivity contribution in [2.45, 2.75) is 12.8 Å². The van der Waals surface area contributed by atoms with Gasteiger partial charge in [-0.1, -0.05) is 48.5 Å². The molecule has 6 nitrogen and oxygen atoms in total. The van der Waals surface area contributed by atoms with Crippen LogP contribution in [0.1, 0.15) is 23.1 Å². The second-order valence-electron chi connectivity index (χ2n) is 7.19. The van der Waals surface area contributed by atoms with E-state index >= 15 is 0 Å². The topological polar surface area (TPSA) is 90.2 Å². The predicted molar refractivity (Wildman–Crippen MR) is 116 cm³/mol. The average Bonchev–Trinajstić information content (AvgIpc) is 2.89. The van der Waals surface area contributed by atoms with Crippen LogP contribution in [0.25, 0.3) is 0 Å². The highest BCUT2D eigenvalue weighted by Crippen LogP contribution is 2.31. The van der Waals surface area contributed by atoms with Crippen LogP contribution >= 0.6 is 0 Å². The van der Waals surface area contributed by atoms with Crippen molar-refractivity contribution in [3.05, 3.63) is 89.0 Å². The van der Waals surface area contributed by atoms with Crippen LogP contribution in [-0.4, -0.2) is 52.9 Å². The van der Waals surface area contributed by atoms with Crippen LogP contribution in [0.4, 0.5) is 5.69 Å². The zero-order valence-corrected chi connectivity index (χ0v) is 16.8. The fourth-order valence-electron chi connectivity index (χ4n) is 3.51. The van der Waals surface area contributed by atoms with Crippen LogP contribution < -0.4 is 0 Å². The first-order valence-corrected chi connectivity index (χ1v) is 9.71. The Labute approximate surface area is 175 Å². The van der Waals surface area contributed by atoms with E-state index in [9.17, 15) is 9.59 Å². The number of likely N-dealkylation sites (N-methyl/N-ethyl adjacent to an activating group) is 1. The number of fused-ring (bicyclic) bond motifs is 2. The fourth-order valence-corrected chi connectivity index (χ4v) is 3.51. The fraction of sp³-hybridized carbons (Fsp3) is 0.208. The molecule has 2 aliphatic rings. The quantitative estimate of drug-likeness (QED) is 0.762. The summed E-state index contributed by atoms with van der Waals surface area (Å²) in [5.41, 5.74) is 7.61. The summed E-state index contributed by atoms with van der Waals surface area (Å²) in [6, 6.07) is 17.2. The number of carboxylic acids is 2. The molecule has 0 unspecified atom stereocenters. The van der Waals surface area contributed by atoms with E-state index in [1.807, 2.05) is 0 Å². The molecule has 0 fully saturated rings. The zero-order valence-electron chi connectivity index (χ0n) is 16.8. The molecule has 0 radical (unpaired) electrons. The normalized spacial score (nSPS) is 15.6. The summed E-state index contributed by atoms with van der Waals surface area (Å²) in [6.45, 7) is 2.12. The molecular weight excluding hydrogens is 380 g/mol. The Morgan fingerprint density at radius 3 is 2.27 bits per heavy atom. The molecule has 0 saturated carbocycles. The van der Waals surface area contributed by atoms with Gasteiger partial charge in [-0.15, -0.1) is 0 Å². The van der Waals surface area contributed by atoms with Gasteiger partial charge in [-0.25, -0.2) is 14.6 Å². The number of aliphatic imine (C=N–C) groups is 1. The highest BCUT2D eigenvalue weighted by atomic mass is 16.4. The van der Waals surface area contributed by atoms with Crippen LogP contribution in [-0.2, 0) is 16.0 Å². The molecule has 2 aromatic carbocycles. The summed E-state index contributed by atoms with van der Waals surface area (Å²) in [4.78, 5) is 26.5. The van der Waals surface area contributed by atoms with Crippen LogP contribution in [0, 0.1) is 0 Å². The number of carbonyl (C=O) groups is 2. The molecule has 0 spiro atoms. The van der Waals surface area contributed by atoms with Gasteiger partial charge in [-0.3, -0.25) is 0 Å². The van der Waals surface area contributed by atoms with Crippen molar-refractivity contribution in [3.63, 3.8) is 0 Å². The van der Waals surface area contributed by atoms with Gasteiger partial charge in [0.25, 0.3) is 0 Å². The first-order valence-electron chi connectivity index (χ1n) is 9.71. The molecule has 30 heavy (non-hydrogen) atoms. The molecule has 0 bridgehead atoms. The van der Waals surface area contributed by atoms with E-state index in [0.717, 1.165) is 37.3 Å². The maximum Gasteiger partial charge on any atom is 0.328 e. The lowest BCUT2D eigenvalue weighted by Crippen LogP contribution is -2.29. The smallest absolute Gasteiger partial charge is 0.328 e. The summed E-state index contributed by atoms with van der Waals surface area (Å²) < 4.78 is 0. The molecule has 2 N–H and O–H groups in total. The first kappa shape index (κ1) is 21.2. The lowest BCUT2D eigenvalue weighted by atomic mass is 9.93. The number of hydrogen-bond acceptors (Lipinski definition) is 4. The SMILES string of the molecule is CN1CCC=C(C2=Nc3ccccc3Cc3ccccc32)C1.O=C(O)/C=C\C(=O)O. The van der Waals surface area contributed by atoms with Crippen molar-refractivity contribution in [1.82, 2.24) is 4.90 Å². The van der Waals surface area contributed by atoms with E-state index < -0.39 is 11.9 Å². The zero-order chi connectivity index (χ0) is 21.5. The highest BCUT2D eigenvalue weighted by Gasteiger charge is 2.21. The van der Waals surface area contributed by atoms with Crippen LogP contribution in [0.15, 0.2) is 77.3 Å². The minimum absolute atomic E-state index is 0.558. The molecule has 0 amide bonds. The number of para-hydroxylation sites is 1. The van der Waals surface area contributed by atoms with E-state index in [0.29, 0.717) is 12.2 Å². The standard InChI is InChI=1S/C20H20N2.C4H4O4/c1-22-12-6-9-17(14-22)20-18-10-4-2-7-15(18)13-16-8-3-5-11-19(16)21-20;5-3(6)1-2-4(7)8/h2-5,7-11H,6,12-14H2,1H3;1-2H,(H,5,6)(H,7,8)/b;2-1-. The number of carboxylic acid groups (broad SMARTS) is 2. The van der Waals surface area contributed by atoms with E-state index in [4.69, 9.17) is 15.2 Å². The molecule has 0 aromatic heterocycles. The van der Waals surface area contributed by atoms with Gasteiger partial charge in [0, 0.05) is 37.2 Å². The van der Waals surface area contributed by atoms with Gasteiger partial charge >= 0.3 is 11.9 Å². The van der Waals surface area contributed by atoms with Gasteiger partial charge in [0.2, 0.25) is 0 Å². The molecule has 4 rings (SSSR count). The Bertz CT molecular complexity index is 1020. The van der Waals surface area contributed by atoms with Gasteiger partial charge < -0.3 is 15.1 Å². The van der Waals surface area contributed by atoms with Crippen molar-refractivity contribution in [2.75, 3.05) is 20.1 Å². The number of rotatable bonds is 3. The van der Waals surface area contributed by atoms with E-state index in [1.165, 1.54) is 22.3 Å². The molecule has 154 valence electrons. The van der Waals surface area contributed by atoms with Crippen molar-refractivity contribution >= 4 is 23.3 Å². The predicted octanol–water partition coefficient (Wildman–Crippen LogP) is 3.69. The maximum atomic E-state index is 9.55. The number of benzene rings is 2. The Morgan fingerprint density at radius 2 is 1.60 bits per heavy atom. The van der Waals surface area contributed by atoms with E-state index in [-0.39, 0.29) is 0 Å². The molecule has 2 aromatic rings. The molecule has 0 atom stereocenters. The maximum absolute atomic E-state index is 9.55. The van der Waals surface area contributed by atoms with Gasteiger partial charge in [0.15, 0.2) is 0 Å². The lowest BCUT2D eigenvalue weighted by Gasteiger charge is -2.24. The molecule has 6 heteroatoms. The second-order valence-corrected chi connectivity index (χ2v) is 7.19. The Hall–Kier alpha value is -3.51. The minimum Gasteiger partial charge on any atom is -0.478 e. The molecule has 2 aliphatic heterocycles. The molecule has 2 heterocycles. The van der Waals surface area contributed by atoms with Crippen molar-refractivity contribution in [3.8, 4) is 0 Å². The number of nitrogens with zero attached hydrogens (tertiary/aromatic N) is 2. The van der Waals surface area contributed by atoms with Gasteiger partial charge in [0.05, 0.1) is 11.4 Å². The van der Waals surface area contributed by atoms with Crippen LogP contribution in [0.2, 0.25) is 0 Å². The van der Waals surface area contributed by atoms with Crippen molar-refractivity contribution in [2.24, 2.45) is 4.99 Å². The van der Waals surface area contributed by atoms with Gasteiger partial charge in [0.1, 0.15) is 0 Å². The first-order chi connectivity index (χ1) is 14.4. The Morgan fingerprint density at radius 1 is 0.967 bits per heavy atom. The third-order valence-electron chi connectivity index (χ3n) is 4.89. The molecule has 0 saturated heterocycles. The van der Waals surface area contributed by atoms with Gasteiger partial charge in [-0.05, 0) is 36.2 Å². The van der Waals surface area contributed by atoms with Crippen LogP contribution in [0.5, 0.6) is 0 Å². The second kappa shape index (κ2) is 9.80. The summed E-state index contributed by atoms with van der Waals surface area (Å²) in [5, 5.41) is 15.6. The molecule has 0 aliphatic carbocycles. The third kappa shape index (κ3) is 5.52. The number of hydrogen-bond donors (Lipinski definition) is 2.